The number of aliphatic hydroxyl groups is 1. The topological polar surface area (TPSA) is 58.6 Å². The summed E-state index contributed by atoms with van der Waals surface area (Å²) in [5.74, 6) is -1.80. The number of hydrogen-bond donors (Lipinski definition) is 2. The van der Waals surface area contributed by atoms with Gasteiger partial charge in [0.05, 0.1) is 16.1 Å². The summed E-state index contributed by atoms with van der Waals surface area (Å²) in [7, 11) is 0. The summed E-state index contributed by atoms with van der Waals surface area (Å²) >= 11 is 5.64. The van der Waals surface area contributed by atoms with Gasteiger partial charge in [-0.05, 0) is 30.3 Å². The lowest BCUT2D eigenvalue weighted by molar-refractivity contribution is 0.102. The zero-order chi connectivity index (χ0) is 15.9. The summed E-state index contributed by atoms with van der Waals surface area (Å²) in [6.07, 6.45) is -1.11. The first-order chi connectivity index (χ1) is 10.5. The molecule has 3 rings (SSSR count). The van der Waals surface area contributed by atoms with E-state index < -0.39 is 23.6 Å². The van der Waals surface area contributed by atoms with Crippen LogP contribution in [0.1, 0.15) is 22.0 Å². The van der Waals surface area contributed by atoms with E-state index in [9.17, 15) is 18.7 Å². The van der Waals surface area contributed by atoms with Gasteiger partial charge in [0.2, 0.25) is 0 Å². The fourth-order valence-corrected chi connectivity index (χ4v) is 2.42. The van der Waals surface area contributed by atoms with Gasteiger partial charge in [0.1, 0.15) is 30.1 Å². The molecule has 0 fully saturated rings. The first kappa shape index (κ1) is 14.7. The maximum atomic E-state index is 13.7. The Balaban J connectivity index is 1.92. The average molecular weight is 326 g/mol. The number of nitrogens with one attached hydrogen (secondary N) is 1. The molecule has 114 valence electrons. The van der Waals surface area contributed by atoms with Crippen LogP contribution in [0.25, 0.3) is 0 Å². The quantitative estimate of drug-likeness (QED) is 0.890. The van der Waals surface area contributed by atoms with Gasteiger partial charge in [-0.15, -0.1) is 0 Å². The third-order valence-electron chi connectivity index (χ3n) is 3.28. The van der Waals surface area contributed by atoms with E-state index in [1.54, 1.807) is 0 Å². The standard InChI is InChI=1S/C15H10ClF2NO3/c16-9-5-7(1-3-10(9)17)19-15(21)8-2-4-11(18)13-12(20)6-22-14(8)13/h1-5,12,20H,6H2,(H,19,21). The van der Waals surface area contributed by atoms with Crippen molar-refractivity contribution in [3.8, 4) is 5.75 Å². The molecule has 2 aromatic rings. The second kappa shape index (κ2) is 5.55. The number of anilines is 1. The molecule has 1 atom stereocenters. The Morgan fingerprint density at radius 1 is 1.27 bits per heavy atom. The van der Waals surface area contributed by atoms with Crippen molar-refractivity contribution in [3.05, 3.63) is 58.1 Å². The SMILES string of the molecule is O=C(Nc1ccc(F)c(Cl)c1)c1ccc(F)c2c1OCC2O. The van der Waals surface area contributed by atoms with Crippen molar-refractivity contribution in [2.45, 2.75) is 6.10 Å². The van der Waals surface area contributed by atoms with Crippen LogP contribution in [0, 0.1) is 11.6 Å². The van der Waals surface area contributed by atoms with Crippen LogP contribution in [0.3, 0.4) is 0 Å². The largest absolute Gasteiger partial charge is 0.489 e. The molecule has 0 aromatic heterocycles. The predicted molar refractivity (Wildman–Crippen MR) is 76.2 cm³/mol. The molecule has 0 spiro atoms. The number of carbonyl (C=O) groups excluding carboxylic acids is 1. The molecule has 0 saturated heterocycles. The minimum absolute atomic E-state index is 0.0122. The lowest BCUT2D eigenvalue weighted by Crippen LogP contribution is -2.13. The molecule has 22 heavy (non-hydrogen) atoms. The fraction of sp³-hybridized carbons (Fsp3) is 0.133. The zero-order valence-corrected chi connectivity index (χ0v) is 11.8. The minimum atomic E-state index is -1.11. The van der Waals surface area contributed by atoms with E-state index in [0.717, 1.165) is 12.1 Å². The van der Waals surface area contributed by atoms with E-state index in [1.165, 1.54) is 18.2 Å². The molecular formula is C15H10ClF2NO3. The van der Waals surface area contributed by atoms with Gasteiger partial charge in [0, 0.05) is 5.69 Å². The van der Waals surface area contributed by atoms with Crippen LogP contribution < -0.4 is 10.1 Å². The van der Waals surface area contributed by atoms with E-state index in [2.05, 4.69) is 5.32 Å². The molecule has 0 saturated carbocycles. The second-order valence-corrected chi connectivity index (χ2v) is 5.15. The van der Waals surface area contributed by atoms with Gasteiger partial charge in [0.15, 0.2) is 0 Å². The Morgan fingerprint density at radius 3 is 2.73 bits per heavy atom. The highest BCUT2D eigenvalue weighted by Gasteiger charge is 2.30. The van der Waals surface area contributed by atoms with Gasteiger partial charge in [-0.1, -0.05) is 11.6 Å². The molecule has 4 nitrogen and oxygen atoms in total. The Labute approximate surface area is 129 Å². The van der Waals surface area contributed by atoms with Crippen LogP contribution in [-0.2, 0) is 0 Å². The molecule has 0 bridgehead atoms. The molecule has 2 N–H and O–H groups in total. The summed E-state index contributed by atoms with van der Waals surface area (Å²) in [6.45, 7) is -0.112. The summed E-state index contributed by atoms with van der Waals surface area (Å²) in [5, 5.41) is 12.1. The number of amides is 1. The van der Waals surface area contributed by atoms with Gasteiger partial charge >= 0.3 is 0 Å². The zero-order valence-electron chi connectivity index (χ0n) is 11.1. The van der Waals surface area contributed by atoms with E-state index in [1.807, 2.05) is 0 Å². The van der Waals surface area contributed by atoms with Crippen LogP contribution in [0.4, 0.5) is 14.5 Å². The average Bonchev–Trinajstić information content (AvgIpc) is 2.86. The second-order valence-electron chi connectivity index (χ2n) is 4.75. The summed E-state index contributed by atoms with van der Waals surface area (Å²) in [5.41, 5.74) is 0.325. The highest BCUT2D eigenvalue weighted by Crippen LogP contribution is 2.37. The molecule has 0 aliphatic carbocycles. The molecule has 1 aliphatic heterocycles. The monoisotopic (exact) mass is 325 g/mol. The van der Waals surface area contributed by atoms with Crippen LogP contribution in [0.2, 0.25) is 5.02 Å². The normalized spacial score (nSPS) is 16.1. The smallest absolute Gasteiger partial charge is 0.259 e. The number of fused-ring (bicyclic) bond motifs is 1. The Bertz CT molecular complexity index is 767. The van der Waals surface area contributed by atoms with Gasteiger partial charge in [0.25, 0.3) is 5.91 Å². The van der Waals surface area contributed by atoms with E-state index >= 15 is 0 Å². The third kappa shape index (κ3) is 2.51. The predicted octanol–water partition coefficient (Wildman–Crippen LogP) is 3.30. The van der Waals surface area contributed by atoms with Crippen LogP contribution >= 0.6 is 11.6 Å². The first-order valence-electron chi connectivity index (χ1n) is 6.37. The number of rotatable bonds is 2. The Kier molecular flexibility index (Phi) is 3.72. The Hall–Kier alpha value is -2.18. The van der Waals surface area contributed by atoms with Crippen LogP contribution in [0.15, 0.2) is 30.3 Å². The van der Waals surface area contributed by atoms with Crippen molar-refractivity contribution in [3.63, 3.8) is 0 Å². The van der Waals surface area contributed by atoms with Crippen molar-refractivity contribution in [1.29, 1.82) is 0 Å². The number of carbonyl (C=O) groups is 1. The molecule has 0 radical (unpaired) electrons. The highest BCUT2D eigenvalue weighted by atomic mass is 35.5. The van der Waals surface area contributed by atoms with Crippen molar-refractivity contribution >= 4 is 23.2 Å². The minimum Gasteiger partial charge on any atom is -0.489 e. The molecule has 1 heterocycles. The lowest BCUT2D eigenvalue weighted by Gasteiger charge is -2.10. The third-order valence-corrected chi connectivity index (χ3v) is 3.57. The van der Waals surface area contributed by atoms with Gasteiger partial charge in [-0.25, -0.2) is 8.78 Å². The summed E-state index contributed by atoms with van der Waals surface area (Å²) < 4.78 is 32.0. The van der Waals surface area contributed by atoms with Gasteiger partial charge in [-0.2, -0.15) is 0 Å². The van der Waals surface area contributed by atoms with E-state index in [4.69, 9.17) is 16.3 Å². The van der Waals surface area contributed by atoms with E-state index in [-0.39, 0.29) is 34.2 Å². The van der Waals surface area contributed by atoms with Crippen LogP contribution in [-0.4, -0.2) is 17.6 Å². The lowest BCUT2D eigenvalue weighted by atomic mass is 10.1. The van der Waals surface area contributed by atoms with Gasteiger partial charge < -0.3 is 15.2 Å². The van der Waals surface area contributed by atoms with Crippen molar-refractivity contribution < 1.29 is 23.4 Å². The maximum Gasteiger partial charge on any atom is 0.259 e. The van der Waals surface area contributed by atoms with Crippen molar-refractivity contribution in [2.75, 3.05) is 11.9 Å². The van der Waals surface area contributed by atoms with Crippen molar-refractivity contribution in [1.82, 2.24) is 0 Å². The fourth-order valence-electron chi connectivity index (χ4n) is 2.24. The molecule has 1 amide bonds. The highest BCUT2D eigenvalue weighted by molar-refractivity contribution is 6.31. The Morgan fingerprint density at radius 2 is 2.00 bits per heavy atom. The number of aliphatic hydroxyl groups excluding tert-OH is 1. The molecule has 1 unspecified atom stereocenters. The number of hydrogen-bond acceptors (Lipinski definition) is 3. The number of benzene rings is 2. The molecule has 2 aromatic carbocycles. The van der Waals surface area contributed by atoms with Gasteiger partial charge in [-0.3, -0.25) is 4.79 Å². The number of ether oxygens (including phenoxy) is 1. The maximum absolute atomic E-state index is 13.7. The first-order valence-corrected chi connectivity index (χ1v) is 6.75. The molecule has 1 aliphatic rings. The van der Waals surface area contributed by atoms with Crippen LogP contribution in [0.5, 0.6) is 5.75 Å². The van der Waals surface area contributed by atoms with Crippen molar-refractivity contribution in [2.24, 2.45) is 0 Å². The molecular weight excluding hydrogens is 316 g/mol. The summed E-state index contributed by atoms with van der Waals surface area (Å²) in [4.78, 5) is 12.3. The molecule has 7 heteroatoms. The number of halogens is 3. The summed E-state index contributed by atoms with van der Waals surface area (Å²) in [6, 6.07) is 6.07. The van der Waals surface area contributed by atoms with E-state index in [0.29, 0.717) is 0 Å².